The van der Waals surface area contributed by atoms with Crippen LogP contribution in [0, 0.1) is 0 Å². The van der Waals surface area contributed by atoms with E-state index in [1.54, 1.807) is 7.11 Å². The number of para-hydroxylation sites is 1. The summed E-state index contributed by atoms with van der Waals surface area (Å²) >= 11 is 0. The summed E-state index contributed by atoms with van der Waals surface area (Å²) in [4.78, 5) is 0. The molecule has 0 bridgehead atoms. The van der Waals surface area contributed by atoms with Gasteiger partial charge in [-0.1, -0.05) is 30.3 Å². The molecule has 126 valence electrons. The van der Waals surface area contributed by atoms with Crippen LogP contribution in [0.4, 0.5) is 0 Å². The molecule has 0 radical (unpaired) electrons. The van der Waals surface area contributed by atoms with Crippen LogP contribution in [-0.4, -0.2) is 26.9 Å². The molecule has 0 saturated carbocycles. The monoisotopic (exact) mass is 325 g/mol. The third-order valence-corrected chi connectivity index (χ3v) is 3.98. The number of methoxy groups -OCH3 is 1. The molecule has 0 aromatic heterocycles. The molecule has 4 nitrogen and oxygen atoms in total. The van der Waals surface area contributed by atoms with E-state index in [4.69, 9.17) is 14.2 Å². The smallest absolute Gasteiger partial charge is 0.149 e. The Kier molecular flexibility index (Phi) is 5.61. The SMILES string of the molecule is COc1ccc(CCc2ccccc2OCC2=CNCCO2)cc1. The number of hydrogen-bond donors (Lipinski definition) is 1. The molecular weight excluding hydrogens is 302 g/mol. The Morgan fingerprint density at radius 3 is 2.62 bits per heavy atom. The van der Waals surface area contributed by atoms with E-state index in [0.29, 0.717) is 13.2 Å². The number of ether oxygens (including phenoxy) is 3. The van der Waals surface area contributed by atoms with Crippen LogP contribution in [0.25, 0.3) is 0 Å². The van der Waals surface area contributed by atoms with Crippen LogP contribution in [0.5, 0.6) is 11.5 Å². The van der Waals surface area contributed by atoms with Gasteiger partial charge in [-0.3, -0.25) is 0 Å². The van der Waals surface area contributed by atoms with Crippen LogP contribution in [0.1, 0.15) is 11.1 Å². The summed E-state index contributed by atoms with van der Waals surface area (Å²) < 4.78 is 16.7. The van der Waals surface area contributed by atoms with E-state index in [1.807, 2.05) is 36.5 Å². The molecule has 1 aliphatic heterocycles. The number of rotatable bonds is 7. The van der Waals surface area contributed by atoms with Crippen molar-refractivity contribution in [1.82, 2.24) is 5.32 Å². The van der Waals surface area contributed by atoms with E-state index in [0.717, 1.165) is 36.6 Å². The number of aryl methyl sites for hydroxylation is 2. The van der Waals surface area contributed by atoms with Crippen molar-refractivity contribution in [3.63, 3.8) is 0 Å². The van der Waals surface area contributed by atoms with Gasteiger partial charge >= 0.3 is 0 Å². The van der Waals surface area contributed by atoms with E-state index in [1.165, 1.54) is 11.1 Å². The summed E-state index contributed by atoms with van der Waals surface area (Å²) in [7, 11) is 1.68. The van der Waals surface area contributed by atoms with Gasteiger partial charge < -0.3 is 19.5 Å². The zero-order valence-electron chi connectivity index (χ0n) is 14.0. The maximum absolute atomic E-state index is 5.95. The van der Waals surface area contributed by atoms with Crippen LogP contribution >= 0.6 is 0 Å². The quantitative estimate of drug-likeness (QED) is 0.848. The first-order valence-corrected chi connectivity index (χ1v) is 8.24. The normalized spacial score (nSPS) is 13.5. The molecule has 0 spiro atoms. The second-order valence-corrected chi connectivity index (χ2v) is 5.66. The van der Waals surface area contributed by atoms with Crippen molar-refractivity contribution in [2.24, 2.45) is 0 Å². The highest BCUT2D eigenvalue weighted by Crippen LogP contribution is 2.21. The lowest BCUT2D eigenvalue weighted by Gasteiger charge is -2.17. The Bertz CT molecular complexity index is 680. The van der Waals surface area contributed by atoms with Crippen LogP contribution < -0.4 is 14.8 Å². The number of hydrogen-bond acceptors (Lipinski definition) is 4. The lowest BCUT2D eigenvalue weighted by Crippen LogP contribution is -2.22. The molecule has 0 amide bonds. The van der Waals surface area contributed by atoms with E-state index in [2.05, 4.69) is 23.5 Å². The van der Waals surface area contributed by atoms with Gasteiger partial charge in [-0.15, -0.1) is 0 Å². The molecule has 3 rings (SSSR count). The van der Waals surface area contributed by atoms with Crippen LogP contribution in [0.3, 0.4) is 0 Å². The zero-order chi connectivity index (χ0) is 16.6. The lowest BCUT2D eigenvalue weighted by molar-refractivity contribution is 0.157. The van der Waals surface area contributed by atoms with Gasteiger partial charge in [-0.25, -0.2) is 0 Å². The van der Waals surface area contributed by atoms with E-state index in [-0.39, 0.29) is 0 Å². The van der Waals surface area contributed by atoms with Crippen LogP contribution in [0.2, 0.25) is 0 Å². The number of benzene rings is 2. The highest BCUT2D eigenvalue weighted by Gasteiger charge is 2.08. The Hall–Kier alpha value is -2.62. The minimum Gasteiger partial charge on any atom is -0.497 e. The standard InChI is InChI=1S/C20H23NO3/c1-22-18-10-7-16(8-11-18)6-9-17-4-2-3-5-20(17)24-15-19-14-21-12-13-23-19/h2-5,7-8,10-11,14,21H,6,9,12-13,15H2,1H3. The highest BCUT2D eigenvalue weighted by atomic mass is 16.5. The molecule has 1 heterocycles. The molecular formula is C20H23NO3. The van der Waals surface area contributed by atoms with Crippen molar-refractivity contribution in [3.8, 4) is 11.5 Å². The Morgan fingerprint density at radius 2 is 1.88 bits per heavy atom. The van der Waals surface area contributed by atoms with Crippen molar-refractivity contribution < 1.29 is 14.2 Å². The molecule has 24 heavy (non-hydrogen) atoms. The molecule has 0 atom stereocenters. The third-order valence-electron chi connectivity index (χ3n) is 3.98. The number of nitrogens with one attached hydrogen (secondary N) is 1. The van der Waals surface area contributed by atoms with Crippen molar-refractivity contribution in [1.29, 1.82) is 0 Å². The van der Waals surface area contributed by atoms with E-state index in [9.17, 15) is 0 Å². The van der Waals surface area contributed by atoms with Gasteiger partial charge in [0, 0.05) is 12.7 Å². The summed E-state index contributed by atoms with van der Waals surface area (Å²) in [5, 5.41) is 3.16. The van der Waals surface area contributed by atoms with E-state index < -0.39 is 0 Å². The van der Waals surface area contributed by atoms with Gasteiger partial charge in [-0.2, -0.15) is 0 Å². The van der Waals surface area contributed by atoms with Gasteiger partial charge in [0.05, 0.1) is 7.11 Å². The molecule has 0 unspecified atom stereocenters. The second kappa shape index (κ2) is 8.29. The summed E-state index contributed by atoms with van der Waals surface area (Å²) in [6.45, 7) is 1.99. The molecule has 4 heteroatoms. The average molecular weight is 325 g/mol. The largest absolute Gasteiger partial charge is 0.497 e. The predicted octanol–water partition coefficient (Wildman–Crippen LogP) is 3.32. The van der Waals surface area contributed by atoms with Gasteiger partial charge in [0.25, 0.3) is 0 Å². The third kappa shape index (κ3) is 4.44. The summed E-state index contributed by atoms with van der Waals surface area (Å²) in [6, 6.07) is 16.4. The second-order valence-electron chi connectivity index (χ2n) is 5.66. The van der Waals surface area contributed by atoms with Gasteiger partial charge in [0.2, 0.25) is 0 Å². The molecule has 0 saturated heterocycles. The maximum atomic E-state index is 5.95. The summed E-state index contributed by atoms with van der Waals surface area (Å²) in [6.07, 6.45) is 3.77. The summed E-state index contributed by atoms with van der Waals surface area (Å²) in [5.74, 6) is 2.64. The first kappa shape index (κ1) is 16.2. The van der Waals surface area contributed by atoms with Gasteiger partial charge in [-0.05, 0) is 42.2 Å². The average Bonchev–Trinajstić information content (AvgIpc) is 2.66. The van der Waals surface area contributed by atoms with Crippen LogP contribution in [-0.2, 0) is 17.6 Å². The molecule has 0 aliphatic carbocycles. The first-order chi connectivity index (χ1) is 11.8. The lowest BCUT2D eigenvalue weighted by atomic mass is 10.0. The fraction of sp³-hybridized carbons (Fsp3) is 0.300. The van der Waals surface area contributed by atoms with E-state index >= 15 is 0 Å². The zero-order valence-corrected chi connectivity index (χ0v) is 14.0. The molecule has 1 aliphatic rings. The molecule has 2 aromatic rings. The first-order valence-electron chi connectivity index (χ1n) is 8.24. The summed E-state index contributed by atoms with van der Waals surface area (Å²) in [5.41, 5.74) is 2.49. The topological polar surface area (TPSA) is 39.7 Å². The fourth-order valence-electron chi connectivity index (χ4n) is 2.62. The predicted molar refractivity (Wildman–Crippen MR) is 94.4 cm³/mol. The minimum atomic E-state index is 0.451. The highest BCUT2D eigenvalue weighted by molar-refractivity contribution is 5.35. The fourth-order valence-corrected chi connectivity index (χ4v) is 2.62. The van der Waals surface area contributed by atoms with Crippen molar-refractivity contribution in [3.05, 3.63) is 71.6 Å². The maximum Gasteiger partial charge on any atom is 0.149 e. The van der Waals surface area contributed by atoms with Crippen molar-refractivity contribution >= 4 is 0 Å². The molecule has 1 N–H and O–H groups in total. The van der Waals surface area contributed by atoms with Crippen LogP contribution in [0.15, 0.2) is 60.5 Å². The minimum absolute atomic E-state index is 0.451. The van der Waals surface area contributed by atoms with Crippen molar-refractivity contribution in [2.75, 3.05) is 26.9 Å². The Balaban J connectivity index is 1.59. The molecule has 0 fully saturated rings. The molecule has 2 aromatic carbocycles. The Morgan fingerprint density at radius 1 is 1.04 bits per heavy atom. The van der Waals surface area contributed by atoms with Crippen molar-refractivity contribution in [2.45, 2.75) is 12.8 Å². The van der Waals surface area contributed by atoms with Gasteiger partial charge in [0.15, 0.2) is 0 Å². The van der Waals surface area contributed by atoms with Gasteiger partial charge in [0.1, 0.15) is 30.5 Å². The Labute approximate surface area is 143 Å².